The van der Waals surface area contributed by atoms with Gasteiger partial charge in [-0.15, -0.1) is 11.3 Å². The first-order chi connectivity index (χ1) is 13.0. The summed E-state index contributed by atoms with van der Waals surface area (Å²) in [6, 6.07) is 0.00405. The van der Waals surface area contributed by atoms with Crippen molar-refractivity contribution < 1.29 is 14.7 Å². The van der Waals surface area contributed by atoms with Crippen LogP contribution >= 0.6 is 11.3 Å². The number of carbonyl (C=O) groups is 2. The van der Waals surface area contributed by atoms with Crippen LogP contribution in [0.3, 0.4) is 0 Å². The predicted molar refractivity (Wildman–Crippen MR) is 102 cm³/mol. The van der Waals surface area contributed by atoms with Crippen molar-refractivity contribution in [3.8, 4) is 0 Å². The lowest BCUT2D eigenvalue weighted by Crippen LogP contribution is -2.66. The van der Waals surface area contributed by atoms with Gasteiger partial charge < -0.3 is 19.8 Å². The number of hydrogen-bond donors (Lipinski definition) is 1. The topological polar surface area (TPSA) is 77.0 Å². The highest BCUT2D eigenvalue weighted by Gasteiger charge is 2.49. The molecule has 1 aromatic heterocycles. The van der Waals surface area contributed by atoms with E-state index in [1.807, 2.05) is 34.2 Å². The second kappa shape index (κ2) is 7.48. The number of thiazole rings is 1. The van der Waals surface area contributed by atoms with Gasteiger partial charge in [-0.1, -0.05) is 0 Å². The van der Waals surface area contributed by atoms with Crippen molar-refractivity contribution in [1.82, 2.24) is 19.7 Å². The van der Waals surface area contributed by atoms with E-state index in [4.69, 9.17) is 0 Å². The molecular weight excluding hydrogens is 364 g/mol. The molecule has 0 radical (unpaired) electrons. The molecule has 2 bridgehead atoms. The molecule has 3 aliphatic heterocycles. The highest BCUT2D eigenvalue weighted by Crippen LogP contribution is 2.41. The van der Waals surface area contributed by atoms with Crippen molar-refractivity contribution >= 4 is 23.2 Å². The zero-order chi connectivity index (χ0) is 19.1. The number of likely N-dealkylation sites (tertiary alicyclic amines) is 1. The zero-order valence-electron chi connectivity index (χ0n) is 16.0. The summed E-state index contributed by atoms with van der Waals surface area (Å²) in [5, 5.41) is 12.8. The molecule has 0 aromatic carbocycles. The fourth-order valence-corrected chi connectivity index (χ4v) is 5.97. The van der Waals surface area contributed by atoms with Gasteiger partial charge in [0.2, 0.25) is 5.91 Å². The molecule has 4 rings (SSSR count). The van der Waals surface area contributed by atoms with Gasteiger partial charge in [-0.25, -0.2) is 4.98 Å². The van der Waals surface area contributed by atoms with E-state index >= 15 is 0 Å². The molecule has 148 valence electrons. The minimum Gasteiger partial charge on any atom is -0.394 e. The Morgan fingerprint density at radius 3 is 2.89 bits per heavy atom. The Kier molecular flexibility index (Phi) is 5.22. The molecule has 3 aliphatic rings. The summed E-state index contributed by atoms with van der Waals surface area (Å²) in [5.41, 5.74) is 0.522. The van der Waals surface area contributed by atoms with Crippen LogP contribution in [0.2, 0.25) is 0 Å². The van der Waals surface area contributed by atoms with Gasteiger partial charge in [0.15, 0.2) is 0 Å². The number of aliphatic hydroxyl groups excluding tert-OH is 1. The molecule has 3 saturated heterocycles. The molecule has 27 heavy (non-hydrogen) atoms. The number of nitrogens with zero attached hydrogens (tertiary/aromatic N) is 4. The number of rotatable bonds is 4. The summed E-state index contributed by atoms with van der Waals surface area (Å²) < 4.78 is 0. The SMILES string of the molecule is CN(C)Cc1nc(C(=O)N2C[C@H]3C[C@@H](C2)[C@H](CO)N2C(=O)CCC[C@@H]32)cs1. The van der Waals surface area contributed by atoms with Crippen molar-refractivity contribution in [2.75, 3.05) is 33.8 Å². The number of hydrogen-bond acceptors (Lipinski definition) is 6. The summed E-state index contributed by atoms with van der Waals surface area (Å²) in [6.45, 7) is 1.99. The van der Waals surface area contributed by atoms with Crippen LogP contribution in [0.4, 0.5) is 0 Å². The molecule has 0 spiro atoms. The number of piperidine rings is 3. The van der Waals surface area contributed by atoms with Gasteiger partial charge >= 0.3 is 0 Å². The molecule has 0 unspecified atom stereocenters. The molecule has 4 heterocycles. The zero-order valence-corrected chi connectivity index (χ0v) is 16.8. The lowest BCUT2D eigenvalue weighted by Gasteiger charge is -2.56. The summed E-state index contributed by atoms with van der Waals surface area (Å²) in [5.74, 6) is 0.612. The van der Waals surface area contributed by atoms with Gasteiger partial charge in [0.1, 0.15) is 10.7 Å². The molecule has 2 amide bonds. The smallest absolute Gasteiger partial charge is 0.273 e. The van der Waals surface area contributed by atoms with E-state index in [-0.39, 0.29) is 36.4 Å². The van der Waals surface area contributed by atoms with Gasteiger partial charge in [-0.05, 0) is 45.2 Å². The number of fused-ring (bicyclic) bond motifs is 4. The van der Waals surface area contributed by atoms with Crippen molar-refractivity contribution in [1.29, 1.82) is 0 Å². The fourth-order valence-electron chi connectivity index (χ4n) is 5.09. The van der Waals surface area contributed by atoms with Crippen LogP contribution in [-0.4, -0.2) is 82.5 Å². The maximum atomic E-state index is 13.1. The van der Waals surface area contributed by atoms with Gasteiger partial charge in [-0.2, -0.15) is 0 Å². The van der Waals surface area contributed by atoms with Gasteiger partial charge in [0.25, 0.3) is 5.91 Å². The Hall–Kier alpha value is -1.51. The molecule has 0 aliphatic carbocycles. The minimum absolute atomic E-state index is 0.0155. The molecule has 1 N–H and O–H groups in total. The predicted octanol–water partition coefficient (Wildman–Crippen LogP) is 1.04. The van der Waals surface area contributed by atoms with E-state index in [0.29, 0.717) is 31.1 Å². The molecule has 1 aromatic rings. The largest absolute Gasteiger partial charge is 0.394 e. The number of amides is 2. The van der Waals surface area contributed by atoms with E-state index in [2.05, 4.69) is 4.98 Å². The summed E-state index contributed by atoms with van der Waals surface area (Å²) in [4.78, 5) is 36.0. The van der Waals surface area contributed by atoms with Gasteiger partial charge in [-0.3, -0.25) is 9.59 Å². The van der Waals surface area contributed by atoms with Crippen LogP contribution in [-0.2, 0) is 11.3 Å². The average molecular weight is 393 g/mol. The Labute approximate surface area is 164 Å². The summed E-state index contributed by atoms with van der Waals surface area (Å²) in [7, 11) is 3.97. The second-order valence-corrected chi connectivity index (χ2v) is 9.28. The van der Waals surface area contributed by atoms with Crippen molar-refractivity contribution in [2.45, 2.75) is 44.3 Å². The third-order valence-electron chi connectivity index (χ3n) is 6.19. The van der Waals surface area contributed by atoms with Gasteiger partial charge in [0.05, 0.1) is 12.6 Å². The van der Waals surface area contributed by atoms with Crippen molar-refractivity contribution in [2.24, 2.45) is 11.8 Å². The quantitative estimate of drug-likeness (QED) is 0.829. The van der Waals surface area contributed by atoms with E-state index in [9.17, 15) is 14.7 Å². The molecule has 0 saturated carbocycles. The van der Waals surface area contributed by atoms with E-state index < -0.39 is 0 Å². The third-order valence-corrected chi connectivity index (χ3v) is 7.03. The normalized spacial score (nSPS) is 30.6. The lowest BCUT2D eigenvalue weighted by molar-refractivity contribution is -0.154. The maximum Gasteiger partial charge on any atom is 0.273 e. The van der Waals surface area contributed by atoms with Crippen LogP contribution in [0.5, 0.6) is 0 Å². The average Bonchev–Trinajstić information content (AvgIpc) is 3.09. The molecule has 3 fully saturated rings. The van der Waals surface area contributed by atoms with E-state index in [1.54, 1.807) is 0 Å². The lowest BCUT2D eigenvalue weighted by atomic mass is 9.72. The third kappa shape index (κ3) is 3.50. The van der Waals surface area contributed by atoms with E-state index in [1.165, 1.54) is 11.3 Å². The fraction of sp³-hybridized carbons (Fsp3) is 0.737. The summed E-state index contributed by atoms with van der Waals surface area (Å²) in [6.07, 6.45) is 3.47. The highest BCUT2D eigenvalue weighted by atomic mass is 32.1. The first-order valence-corrected chi connectivity index (χ1v) is 10.7. The van der Waals surface area contributed by atoms with Crippen molar-refractivity contribution in [3.05, 3.63) is 16.1 Å². The molecule has 8 heteroatoms. The number of aliphatic hydroxyl groups is 1. The first kappa shape index (κ1) is 18.8. The standard InChI is InChI=1S/C19H28N4O3S/c1-21(2)9-17-20-14(11-27-17)19(26)22-7-12-6-13(8-22)16(10-24)23-15(12)4-3-5-18(23)25/h11-13,15-16,24H,3-10H2,1-2H3/t12-,13+,15+,16+/m1/s1. The minimum atomic E-state index is -0.158. The first-order valence-electron chi connectivity index (χ1n) is 9.78. The Bertz CT molecular complexity index is 708. The Balaban J connectivity index is 1.52. The van der Waals surface area contributed by atoms with Crippen LogP contribution in [0, 0.1) is 11.8 Å². The van der Waals surface area contributed by atoms with Gasteiger partial charge in [0, 0.05) is 37.5 Å². The monoisotopic (exact) mass is 392 g/mol. The highest BCUT2D eigenvalue weighted by molar-refractivity contribution is 7.09. The Morgan fingerprint density at radius 2 is 2.15 bits per heavy atom. The molecule has 7 nitrogen and oxygen atoms in total. The molecule has 4 atom stereocenters. The molecular formula is C19H28N4O3S. The maximum absolute atomic E-state index is 13.1. The number of carbonyl (C=O) groups excluding carboxylic acids is 2. The summed E-state index contributed by atoms with van der Waals surface area (Å²) >= 11 is 1.52. The van der Waals surface area contributed by atoms with Crippen LogP contribution in [0.15, 0.2) is 5.38 Å². The van der Waals surface area contributed by atoms with Crippen molar-refractivity contribution in [3.63, 3.8) is 0 Å². The Morgan fingerprint density at radius 1 is 1.37 bits per heavy atom. The van der Waals surface area contributed by atoms with Crippen LogP contribution < -0.4 is 0 Å². The van der Waals surface area contributed by atoms with Crippen LogP contribution in [0.1, 0.15) is 41.2 Å². The van der Waals surface area contributed by atoms with E-state index in [0.717, 1.165) is 30.8 Å². The number of aromatic nitrogens is 1. The second-order valence-electron chi connectivity index (χ2n) is 8.34. The van der Waals surface area contributed by atoms with Crippen LogP contribution in [0.25, 0.3) is 0 Å².